The van der Waals surface area contributed by atoms with Crippen LogP contribution < -0.4 is 0 Å². The van der Waals surface area contributed by atoms with Crippen LogP contribution in [-0.4, -0.2) is 12.1 Å². The maximum absolute atomic E-state index is 12.1. The molecule has 0 saturated heterocycles. The van der Waals surface area contributed by atoms with Gasteiger partial charge in [-0.2, -0.15) is 0 Å². The molecule has 0 radical (unpaired) electrons. The summed E-state index contributed by atoms with van der Waals surface area (Å²) in [4.78, 5) is 22.7. The molecule has 0 bridgehead atoms. The fourth-order valence-corrected chi connectivity index (χ4v) is 2.06. The number of rotatable bonds is 5. The normalized spacial score (nSPS) is 10.3. The summed E-state index contributed by atoms with van der Waals surface area (Å²) >= 11 is 0. The summed E-state index contributed by atoms with van der Waals surface area (Å²) in [5.74, 6) is -0.417. The maximum Gasteiger partial charge on any atom is 0.151 e. The maximum atomic E-state index is 12.1. The van der Waals surface area contributed by atoms with E-state index in [0.717, 1.165) is 11.1 Å². The summed E-state index contributed by atoms with van der Waals surface area (Å²) in [6.07, 6.45) is 0.621. The average molecular weight is 238 g/mol. The lowest BCUT2D eigenvalue weighted by atomic mass is 9.87. The molecule has 90 valence electrons. The highest BCUT2D eigenvalue weighted by atomic mass is 16.1. The van der Waals surface area contributed by atoms with Gasteiger partial charge in [0.15, 0.2) is 5.78 Å². The summed E-state index contributed by atoms with van der Waals surface area (Å²) in [6.45, 7) is 0. The van der Waals surface area contributed by atoms with Crippen LogP contribution in [0.25, 0.3) is 0 Å². The van der Waals surface area contributed by atoms with Crippen molar-refractivity contribution in [2.45, 2.75) is 12.3 Å². The lowest BCUT2D eigenvalue weighted by Gasteiger charge is -2.15. The number of carbonyl (C=O) groups excluding carboxylic acids is 2. The Morgan fingerprint density at radius 3 is 1.72 bits per heavy atom. The Morgan fingerprint density at radius 2 is 1.33 bits per heavy atom. The summed E-state index contributed by atoms with van der Waals surface area (Å²) in [7, 11) is 0. The van der Waals surface area contributed by atoms with E-state index in [1.165, 1.54) is 0 Å². The second kappa shape index (κ2) is 5.92. The van der Waals surface area contributed by atoms with Gasteiger partial charge in [-0.3, -0.25) is 4.79 Å². The van der Waals surface area contributed by atoms with Gasteiger partial charge in [0.05, 0.1) is 12.3 Å². The van der Waals surface area contributed by atoms with Crippen molar-refractivity contribution in [3.8, 4) is 0 Å². The number of aldehydes is 1. The van der Waals surface area contributed by atoms with E-state index in [9.17, 15) is 9.59 Å². The molecule has 0 unspecified atom stereocenters. The topological polar surface area (TPSA) is 34.1 Å². The van der Waals surface area contributed by atoms with Gasteiger partial charge in [-0.15, -0.1) is 0 Å². The van der Waals surface area contributed by atoms with Crippen LogP contribution in [0.5, 0.6) is 0 Å². The van der Waals surface area contributed by atoms with E-state index in [1.807, 2.05) is 60.7 Å². The van der Waals surface area contributed by atoms with Crippen LogP contribution in [0.2, 0.25) is 0 Å². The second-order valence-corrected chi connectivity index (χ2v) is 4.09. The fraction of sp³-hybridized carbons (Fsp3) is 0.125. The van der Waals surface area contributed by atoms with Gasteiger partial charge in [-0.25, -0.2) is 0 Å². The summed E-state index contributed by atoms with van der Waals surface area (Å²) in [5.41, 5.74) is 1.85. The average Bonchev–Trinajstić information content (AvgIpc) is 2.42. The van der Waals surface area contributed by atoms with Crippen LogP contribution >= 0.6 is 0 Å². The molecule has 0 saturated carbocycles. The van der Waals surface area contributed by atoms with E-state index < -0.39 is 0 Å². The minimum atomic E-state index is -0.349. The molecule has 2 nitrogen and oxygen atoms in total. The number of carbonyl (C=O) groups is 2. The number of benzene rings is 2. The van der Waals surface area contributed by atoms with Crippen LogP contribution in [0.15, 0.2) is 60.7 Å². The fourth-order valence-electron chi connectivity index (χ4n) is 2.06. The van der Waals surface area contributed by atoms with Crippen molar-refractivity contribution in [3.63, 3.8) is 0 Å². The van der Waals surface area contributed by atoms with E-state index >= 15 is 0 Å². The van der Waals surface area contributed by atoms with Gasteiger partial charge in [-0.05, 0) is 11.1 Å². The molecule has 0 aromatic heterocycles. The highest BCUT2D eigenvalue weighted by molar-refractivity contribution is 5.96. The quantitative estimate of drug-likeness (QED) is 0.592. The molecule has 2 aromatic carbocycles. The SMILES string of the molecule is O=CCC(=O)C(c1ccccc1)c1ccccc1. The molecule has 0 aliphatic carbocycles. The first-order valence-corrected chi connectivity index (χ1v) is 5.89. The summed E-state index contributed by atoms with van der Waals surface area (Å²) < 4.78 is 0. The summed E-state index contributed by atoms with van der Waals surface area (Å²) in [5, 5.41) is 0. The molecule has 0 amide bonds. The number of ketones is 1. The predicted octanol–water partition coefficient (Wildman–Crippen LogP) is 2.98. The molecule has 0 heterocycles. The third-order valence-corrected chi connectivity index (χ3v) is 2.87. The van der Waals surface area contributed by atoms with Gasteiger partial charge in [0.25, 0.3) is 0 Å². The largest absolute Gasteiger partial charge is 0.303 e. The van der Waals surface area contributed by atoms with Gasteiger partial charge >= 0.3 is 0 Å². The Labute approximate surface area is 106 Å². The van der Waals surface area contributed by atoms with Crippen molar-refractivity contribution in [1.82, 2.24) is 0 Å². The standard InChI is InChI=1S/C16H14O2/c17-12-11-15(18)16(13-7-3-1-4-8-13)14-9-5-2-6-10-14/h1-10,12,16H,11H2. The first-order valence-electron chi connectivity index (χ1n) is 5.89. The third-order valence-electron chi connectivity index (χ3n) is 2.87. The van der Waals surface area contributed by atoms with Crippen LogP contribution in [0.3, 0.4) is 0 Å². The van der Waals surface area contributed by atoms with Gasteiger partial charge in [0.2, 0.25) is 0 Å². The van der Waals surface area contributed by atoms with E-state index in [4.69, 9.17) is 0 Å². The molecular weight excluding hydrogens is 224 g/mol. The van der Waals surface area contributed by atoms with Crippen molar-refractivity contribution in [2.24, 2.45) is 0 Å². The zero-order valence-electron chi connectivity index (χ0n) is 9.95. The van der Waals surface area contributed by atoms with Gasteiger partial charge in [0.1, 0.15) is 6.29 Å². The van der Waals surface area contributed by atoms with Crippen LogP contribution in [-0.2, 0) is 9.59 Å². The molecule has 0 N–H and O–H groups in total. The van der Waals surface area contributed by atoms with E-state index in [-0.39, 0.29) is 18.1 Å². The first kappa shape index (κ1) is 12.2. The van der Waals surface area contributed by atoms with Gasteiger partial charge in [0, 0.05) is 0 Å². The Balaban J connectivity index is 2.41. The molecule has 0 aliphatic heterocycles. The minimum absolute atomic E-state index is 0.0472. The highest BCUT2D eigenvalue weighted by Gasteiger charge is 2.21. The van der Waals surface area contributed by atoms with Crippen LogP contribution in [0.1, 0.15) is 23.5 Å². The second-order valence-electron chi connectivity index (χ2n) is 4.09. The molecular formula is C16H14O2. The monoisotopic (exact) mass is 238 g/mol. The van der Waals surface area contributed by atoms with Crippen LogP contribution in [0.4, 0.5) is 0 Å². The molecule has 0 atom stereocenters. The molecule has 2 heteroatoms. The Kier molecular flexibility index (Phi) is 4.02. The molecule has 0 fully saturated rings. The van der Waals surface area contributed by atoms with Crippen molar-refractivity contribution in [1.29, 1.82) is 0 Å². The molecule has 0 spiro atoms. The molecule has 2 rings (SSSR count). The lowest BCUT2D eigenvalue weighted by Crippen LogP contribution is -2.14. The minimum Gasteiger partial charge on any atom is -0.303 e. The van der Waals surface area contributed by atoms with Crippen LogP contribution in [0, 0.1) is 0 Å². The summed E-state index contributed by atoms with van der Waals surface area (Å²) in [6, 6.07) is 19.1. The molecule has 18 heavy (non-hydrogen) atoms. The lowest BCUT2D eigenvalue weighted by molar-refractivity contribution is -0.122. The highest BCUT2D eigenvalue weighted by Crippen LogP contribution is 2.26. The Hall–Kier alpha value is -2.22. The number of hydrogen-bond acceptors (Lipinski definition) is 2. The predicted molar refractivity (Wildman–Crippen MR) is 70.4 cm³/mol. The van der Waals surface area contributed by atoms with Crippen molar-refractivity contribution in [3.05, 3.63) is 71.8 Å². The first-order chi connectivity index (χ1) is 8.83. The number of Topliss-reactive ketones (excluding diaryl/α,β-unsaturated/α-hetero) is 1. The Bertz CT molecular complexity index is 478. The van der Waals surface area contributed by atoms with Crippen molar-refractivity contribution >= 4 is 12.1 Å². The van der Waals surface area contributed by atoms with Gasteiger partial charge < -0.3 is 4.79 Å². The van der Waals surface area contributed by atoms with E-state index in [1.54, 1.807) is 0 Å². The molecule has 2 aromatic rings. The third kappa shape index (κ3) is 2.72. The van der Waals surface area contributed by atoms with Gasteiger partial charge in [-0.1, -0.05) is 60.7 Å². The zero-order valence-corrected chi connectivity index (χ0v) is 9.95. The van der Waals surface area contributed by atoms with Crippen molar-refractivity contribution in [2.75, 3.05) is 0 Å². The van der Waals surface area contributed by atoms with Crippen molar-refractivity contribution < 1.29 is 9.59 Å². The smallest absolute Gasteiger partial charge is 0.151 e. The number of hydrogen-bond donors (Lipinski definition) is 0. The molecule has 0 aliphatic rings. The van der Waals surface area contributed by atoms with E-state index in [0.29, 0.717) is 6.29 Å². The Morgan fingerprint density at radius 1 is 0.889 bits per heavy atom. The van der Waals surface area contributed by atoms with E-state index in [2.05, 4.69) is 0 Å². The zero-order chi connectivity index (χ0) is 12.8.